The number of hydroxylamine groups is 1. The molecule has 3 N–H and O–H groups in total. The molecule has 116 valence electrons. The van der Waals surface area contributed by atoms with Crippen LogP contribution in [0.5, 0.6) is 0 Å². The zero-order chi connectivity index (χ0) is 16.3. The van der Waals surface area contributed by atoms with Crippen molar-refractivity contribution >= 4 is 23.5 Å². The highest BCUT2D eigenvalue weighted by Gasteiger charge is 2.25. The van der Waals surface area contributed by atoms with Crippen LogP contribution >= 0.6 is 11.6 Å². The number of aromatic nitrogens is 2. The second kappa shape index (κ2) is 6.25. The first-order valence-corrected chi connectivity index (χ1v) is 6.71. The predicted octanol–water partition coefficient (Wildman–Crippen LogP) is 2.74. The number of nitrogens with one attached hydrogen (secondary N) is 2. The van der Waals surface area contributed by atoms with E-state index < -0.39 is 17.3 Å². The Morgan fingerprint density at radius 3 is 2.50 bits per heavy atom. The second-order valence-electron chi connectivity index (χ2n) is 5.11. The fraction of sp³-hybridized carbons (Fsp3) is 0.214. The van der Waals surface area contributed by atoms with Crippen molar-refractivity contribution in [3.63, 3.8) is 0 Å². The molecule has 0 atom stereocenters. The van der Waals surface area contributed by atoms with Crippen LogP contribution in [0.3, 0.4) is 0 Å². The first kappa shape index (κ1) is 16.1. The number of carbonyl (C=O) groups excluding carboxylic acids is 1. The minimum atomic E-state index is -0.796. The smallest absolute Gasteiger partial charge is 0.277 e. The molecule has 22 heavy (non-hydrogen) atoms. The highest BCUT2D eigenvalue weighted by atomic mass is 35.5. The summed E-state index contributed by atoms with van der Waals surface area (Å²) in [4.78, 5) is 19.1. The predicted molar refractivity (Wildman–Crippen MR) is 79.3 cm³/mol. The number of hydrogen-bond acceptors (Lipinski definition) is 5. The Morgan fingerprint density at radius 2 is 1.95 bits per heavy atom. The van der Waals surface area contributed by atoms with Crippen LogP contribution in [0.1, 0.15) is 29.8 Å². The third-order valence-electron chi connectivity index (χ3n) is 3.04. The van der Waals surface area contributed by atoms with Crippen LogP contribution in [0.2, 0.25) is 5.02 Å². The molecule has 2 rings (SSSR count). The van der Waals surface area contributed by atoms with E-state index in [0.29, 0.717) is 10.6 Å². The van der Waals surface area contributed by atoms with Gasteiger partial charge in [-0.25, -0.2) is 19.8 Å². The van der Waals surface area contributed by atoms with Gasteiger partial charge in [0.15, 0.2) is 0 Å². The summed E-state index contributed by atoms with van der Waals surface area (Å²) in [7, 11) is 0. The number of nitrogens with zero attached hydrogens (tertiary/aromatic N) is 2. The Labute approximate surface area is 131 Å². The topological polar surface area (TPSA) is 87.1 Å². The van der Waals surface area contributed by atoms with Crippen molar-refractivity contribution in [2.45, 2.75) is 19.4 Å². The van der Waals surface area contributed by atoms with E-state index in [1.807, 2.05) is 0 Å². The highest BCUT2D eigenvalue weighted by molar-refractivity contribution is 6.30. The molecule has 0 aliphatic rings. The number of benzene rings is 1. The van der Waals surface area contributed by atoms with Gasteiger partial charge in [-0.3, -0.25) is 10.0 Å². The van der Waals surface area contributed by atoms with E-state index in [-0.39, 0.29) is 11.5 Å². The van der Waals surface area contributed by atoms with E-state index >= 15 is 0 Å². The van der Waals surface area contributed by atoms with Crippen molar-refractivity contribution in [2.24, 2.45) is 0 Å². The standard InChI is InChI=1S/C14H14ClFN4O2/c1-14(2,10-4-3-9(15)5-11(10)16)19-13-17-6-8(7-18-13)12(21)20-22/h3-7,22H,1-2H3,(H,20,21)(H,17,18,19). The minimum Gasteiger partial charge on any atom is -0.345 e. The largest absolute Gasteiger partial charge is 0.345 e. The molecule has 2 aromatic rings. The van der Waals surface area contributed by atoms with Gasteiger partial charge in [0.25, 0.3) is 5.91 Å². The van der Waals surface area contributed by atoms with E-state index in [0.717, 1.165) is 0 Å². The van der Waals surface area contributed by atoms with Crippen molar-refractivity contribution in [2.75, 3.05) is 5.32 Å². The molecule has 0 bridgehead atoms. The van der Waals surface area contributed by atoms with Gasteiger partial charge in [-0.05, 0) is 26.0 Å². The summed E-state index contributed by atoms with van der Waals surface area (Å²) in [5.41, 5.74) is 1.19. The SMILES string of the molecule is CC(C)(Nc1ncc(C(=O)NO)cn1)c1ccc(Cl)cc1F. The van der Waals surface area contributed by atoms with Crippen LogP contribution in [0, 0.1) is 5.82 Å². The van der Waals surface area contributed by atoms with Crippen molar-refractivity contribution in [1.82, 2.24) is 15.4 Å². The lowest BCUT2D eigenvalue weighted by atomic mass is 9.94. The van der Waals surface area contributed by atoms with Gasteiger partial charge in [0.2, 0.25) is 5.95 Å². The molecule has 1 aromatic carbocycles. The van der Waals surface area contributed by atoms with Crippen molar-refractivity contribution in [3.8, 4) is 0 Å². The maximum atomic E-state index is 14.0. The normalized spacial score (nSPS) is 11.1. The number of carbonyl (C=O) groups is 1. The Morgan fingerprint density at radius 1 is 1.32 bits per heavy atom. The zero-order valence-electron chi connectivity index (χ0n) is 11.9. The molecule has 0 saturated carbocycles. The summed E-state index contributed by atoms with van der Waals surface area (Å²) in [6.07, 6.45) is 2.49. The lowest BCUT2D eigenvalue weighted by Crippen LogP contribution is -2.30. The van der Waals surface area contributed by atoms with Gasteiger partial charge in [-0.1, -0.05) is 17.7 Å². The van der Waals surface area contributed by atoms with Gasteiger partial charge in [-0.15, -0.1) is 0 Å². The molecule has 1 aromatic heterocycles. The van der Waals surface area contributed by atoms with Crippen LogP contribution in [0.4, 0.5) is 10.3 Å². The summed E-state index contributed by atoms with van der Waals surface area (Å²) in [6.45, 7) is 3.52. The first-order chi connectivity index (χ1) is 10.3. The molecule has 0 aliphatic heterocycles. The quantitative estimate of drug-likeness (QED) is 0.594. The molecule has 1 amide bonds. The number of anilines is 1. The molecule has 8 heteroatoms. The lowest BCUT2D eigenvalue weighted by molar-refractivity contribution is 0.0705. The van der Waals surface area contributed by atoms with Gasteiger partial charge in [0.1, 0.15) is 5.82 Å². The van der Waals surface area contributed by atoms with E-state index in [1.54, 1.807) is 26.0 Å². The molecule has 0 aliphatic carbocycles. The Hall–Kier alpha value is -2.25. The lowest BCUT2D eigenvalue weighted by Gasteiger charge is -2.27. The van der Waals surface area contributed by atoms with Gasteiger partial charge >= 0.3 is 0 Å². The molecular weight excluding hydrogens is 311 g/mol. The van der Waals surface area contributed by atoms with Crippen molar-refractivity contribution in [3.05, 3.63) is 52.6 Å². The van der Waals surface area contributed by atoms with E-state index in [9.17, 15) is 9.18 Å². The maximum Gasteiger partial charge on any atom is 0.277 e. The number of hydrogen-bond donors (Lipinski definition) is 3. The zero-order valence-corrected chi connectivity index (χ0v) is 12.6. The van der Waals surface area contributed by atoms with E-state index in [4.69, 9.17) is 16.8 Å². The Kier molecular flexibility index (Phi) is 4.58. The maximum absolute atomic E-state index is 14.0. The molecule has 1 heterocycles. The summed E-state index contributed by atoms with van der Waals surface area (Å²) >= 11 is 5.74. The number of rotatable bonds is 4. The average molecular weight is 325 g/mol. The van der Waals surface area contributed by atoms with Gasteiger partial charge < -0.3 is 5.32 Å². The van der Waals surface area contributed by atoms with E-state index in [1.165, 1.54) is 23.9 Å². The van der Waals surface area contributed by atoms with Gasteiger partial charge in [0.05, 0.1) is 11.1 Å². The minimum absolute atomic E-state index is 0.100. The Bertz CT molecular complexity index is 692. The van der Waals surface area contributed by atoms with Crippen LogP contribution in [-0.4, -0.2) is 21.1 Å². The summed E-state index contributed by atoms with van der Waals surface area (Å²) < 4.78 is 14.0. The molecule has 0 unspecified atom stereocenters. The summed E-state index contributed by atoms with van der Waals surface area (Å²) in [5.74, 6) is -0.940. The van der Waals surface area contributed by atoms with E-state index in [2.05, 4.69) is 15.3 Å². The van der Waals surface area contributed by atoms with Crippen LogP contribution in [-0.2, 0) is 5.54 Å². The molecule has 0 spiro atoms. The molecule has 0 radical (unpaired) electrons. The molecular formula is C14H14ClFN4O2. The summed E-state index contributed by atoms with van der Waals surface area (Å²) in [5, 5.41) is 11.8. The fourth-order valence-electron chi connectivity index (χ4n) is 1.92. The van der Waals surface area contributed by atoms with Crippen molar-refractivity contribution < 1.29 is 14.4 Å². The van der Waals surface area contributed by atoms with Gasteiger partial charge in [-0.2, -0.15) is 0 Å². The fourth-order valence-corrected chi connectivity index (χ4v) is 2.08. The van der Waals surface area contributed by atoms with Crippen molar-refractivity contribution in [1.29, 1.82) is 0 Å². The highest BCUT2D eigenvalue weighted by Crippen LogP contribution is 2.28. The third kappa shape index (κ3) is 3.49. The van der Waals surface area contributed by atoms with Crippen LogP contribution in [0.15, 0.2) is 30.6 Å². The number of amides is 1. The van der Waals surface area contributed by atoms with Crippen LogP contribution in [0.25, 0.3) is 0 Å². The molecule has 0 fully saturated rings. The Balaban J connectivity index is 2.22. The molecule has 6 nitrogen and oxygen atoms in total. The monoisotopic (exact) mass is 324 g/mol. The first-order valence-electron chi connectivity index (χ1n) is 6.33. The average Bonchev–Trinajstić information content (AvgIpc) is 2.46. The number of halogens is 2. The summed E-state index contributed by atoms with van der Waals surface area (Å²) in [6, 6.07) is 4.41. The van der Waals surface area contributed by atoms with Gasteiger partial charge in [0, 0.05) is 23.0 Å². The molecule has 0 saturated heterocycles. The van der Waals surface area contributed by atoms with Crippen LogP contribution < -0.4 is 10.8 Å². The third-order valence-corrected chi connectivity index (χ3v) is 3.28. The second-order valence-corrected chi connectivity index (χ2v) is 5.55.